The van der Waals surface area contributed by atoms with Gasteiger partial charge in [-0.25, -0.2) is 4.79 Å². The molecule has 2 aromatic rings. The molecule has 0 amide bonds. The number of carbonyl (C=O) groups excluding carboxylic acids is 1. The number of hydrogen-bond acceptors (Lipinski definition) is 7. The SMILES string of the molecule is CCOC(=O)COc1ccccc1/C=N\Nc1ccc(C(F)(F)F)cc1[N+](=O)[O-]. The van der Waals surface area contributed by atoms with Crippen LogP contribution in [-0.2, 0) is 15.7 Å². The fraction of sp³-hybridized carbons (Fsp3) is 0.222. The summed E-state index contributed by atoms with van der Waals surface area (Å²) in [7, 11) is 0. The second-order valence-electron chi connectivity index (χ2n) is 5.49. The number of alkyl halides is 3. The standard InChI is InChI=1S/C18H16F3N3O5/c1-2-28-17(25)11-29-16-6-4-3-5-12(16)10-22-23-14-8-7-13(18(19,20)21)9-15(14)24(26)27/h3-10,23H,2,11H2,1H3/b22-10-. The van der Waals surface area contributed by atoms with E-state index in [2.05, 4.69) is 10.5 Å². The minimum absolute atomic E-state index is 0.209. The van der Waals surface area contributed by atoms with Gasteiger partial charge in [-0.05, 0) is 31.2 Å². The van der Waals surface area contributed by atoms with Crippen molar-refractivity contribution in [2.75, 3.05) is 18.6 Å². The highest BCUT2D eigenvalue weighted by Gasteiger charge is 2.33. The number of para-hydroxylation sites is 1. The van der Waals surface area contributed by atoms with E-state index < -0.39 is 28.3 Å². The molecular weight excluding hydrogens is 395 g/mol. The summed E-state index contributed by atoms with van der Waals surface area (Å²) < 4.78 is 48.3. The van der Waals surface area contributed by atoms with Gasteiger partial charge in [0.25, 0.3) is 5.69 Å². The largest absolute Gasteiger partial charge is 0.481 e. The second kappa shape index (κ2) is 9.53. The van der Waals surface area contributed by atoms with Crippen molar-refractivity contribution < 1.29 is 32.4 Å². The van der Waals surface area contributed by atoms with Gasteiger partial charge in [-0.1, -0.05) is 12.1 Å². The Kier molecular flexibility index (Phi) is 7.12. The van der Waals surface area contributed by atoms with Crippen LogP contribution in [0, 0.1) is 10.1 Å². The predicted octanol–water partition coefficient (Wildman–Crippen LogP) is 4.00. The van der Waals surface area contributed by atoms with E-state index >= 15 is 0 Å². The maximum Gasteiger partial charge on any atom is 0.416 e. The highest BCUT2D eigenvalue weighted by Crippen LogP contribution is 2.34. The number of hydrazone groups is 1. The number of esters is 1. The first-order valence-corrected chi connectivity index (χ1v) is 8.24. The first-order valence-electron chi connectivity index (χ1n) is 8.24. The van der Waals surface area contributed by atoms with Crippen LogP contribution in [0.25, 0.3) is 0 Å². The summed E-state index contributed by atoms with van der Waals surface area (Å²) in [4.78, 5) is 21.5. The Bertz CT molecular complexity index is 916. The second-order valence-corrected chi connectivity index (χ2v) is 5.49. The van der Waals surface area contributed by atoms with E-state index in [1.165, 1.54) is 6.21 Å². The van der Waals surface area contributed by atoms with Crippen LogP contribution in [0.3, 0.4) is 0 Å². The zero-order valence-electron chi connectivity index (χ0n) is 15.1. The number of anilines is 1. The molecule has 0 bridgehead atoms. The lowest BCUT2D eigenvalue weighted by molar-refractivity contribution is -0.384. The number of ether oxygens (including phenoxy) is 2. The van der Waals surface area contributed by atoms with Crippen LogP contribution in [0.4, 0.5) is 24.5 Å². The Morgan fingerprint density at radius 1 is 1.28 bits per heavy atom. The number of nitro groups is 1. The van der Waals surface area contributed by atoms with Crippen molar-refractivity contribution in [3.8, 4) is 5.75 Å². The molecule has 11 heteroatoms. The predicted molar refractivity (Wildman–Crippen MR) is 97.9 cm³/mol. The third-order valence-electron chi connectivity index (χ3n) is 3.48. The van der Waals surface area contributed by atoms with Crippen LogP contribution >= 0.6 is 0 Å². The van der Waals surface area contributed by atoms with Crippen LogP contribution < -0.4 is 10.2 Å². The fourth-order valence-electron chi connectivity index (χ4n) is 2.18. The highest BCUT2D eigenvalue weighted by molar-refractivity contribution is 5.84. The average Bonchev–Trinajstić information content (AvgIpc) is 2.66. The first kappa shape index (κ1) is 21.7. The quantitative estimate of drug-likeness (QED) is 0.305. The van der Waals surface area contributed by atoms with E-state index in [0.717, 1.165) is 6.07 Å². The summed E-state index contributed by atoms with van der Waals surface area (Å²) >= 11 is 0. The van der Waals surface area contributed by atoms with Crippen LogP contribution in [0.1, 0.15) is 18.1 Å². The smallest absolute Gasteiger partial charge is 0.416 e. The van der Waals surface area contributed by atoms with E-state index in [-0.39, 0.29) is 18.9 Å². The molecule has 0 aromatic heterocycles. The number of nitrogens with zero attached hydrogens (tertiary/aromatic N) is 2. The van der Waals surface area contributed by atoms with E-state index in [1.807, 2.05) is 0 Å². The zero-order valence-corrected chi connectivity index (χ0v) is 15.1. The summed E-state index contributed by atoms with van der Waals surface area (Å²) in [6, 6.07) is 8.55. The maximum atomic E-state index is 12.7. The molecule has 1 N–H and O–H groups in total. The molecule has 29 heavy (non-hydrogen) atoms. The molecule has 2 aromatic carbocycles. The van der Waals surface area contributed by atoms with Crippen molar-refractivity contribution >= 4 is 23.6 Å². The molecule has 0 aliphatic heterocycles. The zero-order chi connectivity index (χ0) is 21.4. The lowest BCUT2D eigenvalue weighted by atomic mass is 10.1. The minimum atomic E-state index is -4.71. The topological polar surface area (TPSA) is 103 Å². The molecule has 2 rings (SSSR count). The Balaban J connectivity index is 2.16. The van der Waals surface area contributed by atoms with Gasteiger partial charge in [-0.3, -0.25) is 15.5 Å². The third kappa shape index (κ3) is 6.19. The molecule has 0 atom stereocenters. The van der Waals surface area contributed by atoms with Gasteiger partial charge in [0.15, 0.2) is 6.61 Å². The van der Waals surface area contributed by atoms with Gasteiger partial charge in [0, 0.05) is 11.6 Å². The van der Waals surface area contributed by atoms with Crippen LogP contribution in [0.2, 0.25) is 0 Å². The Labute approximate surface area is 163 Å². The highest BCUT2D eigenvalue weighted by atomic mass is 19.4. The van der Waals surface area contributed by atoms with E-state index in [1.54, 1.807) is 31.2 Å². The third-order valence-corrected chi connectivity index (χ3v) is 3.48. The molecule has 0 fully saturated rings. The van der Waals surface area contributed by atoms with Gasteiger partial charge < -0.3 is 9.47 Å². The van der Waals surface area contributed by atoms with Crippen molar-refractivity contribution in [3.63, 3.8) is 0 Å². The number of carbonyl (C=O) groups is 1. The van der Waals surface area contributed by atoms with E-state index in [4.69, 9.17) is 9.47 Å². The Morgan fingerprint density at radius 2 is 2.00 bits per heavy atom. The molecule has 154 valence electrons. The van der Waals surface area contributed by atoms with Gasteiger partial charge in [0.2, 0.25) is 0 Å². The Hall–Kier alpha value is -3.63. The number of nitrogens with one attached hydrogen (secondary N) is 1. The molecule has 8 nitrogen and oxygen atoms in total. The van der Waals surface area contributed by atoms with Crippen LogP contribution in [-0.4, -0.2) is 30.3 Å². The van der Waals surface area contributed by atoms with Gasteiger partial charge in [0.05, 0.1) is 23.3 Å². The summed E-state index contributed by atoms with van der Waals surface area (Å²) in [6.07, 6.45) is -3.45. The molecular formula is C18H16F3N3O5. The first-order chi connectivity index (χ1) is 13.7. The summed E-state index contributed by atoms with van der Waals surface area (Å²) in [5, 5.41) is 14.9. The number of nitro benzene ring substituents is 1. The molecule has 0 saturated heterocycles. The van der Waals surface area contributed by atoms with E-state index in [9.17, 15) is 28.1 Å². The fourth-order valence-corrected chi connectivity index (χ4v) is 2.18. The molecule has 0 heterocycles. The Morgan fingerprint density at radius 3 is 2.66 bits per heavy atom. The monoisotopic (exact) mass is 411 g/mol. The molecule has 0 aliphatic carbocycles. The van der Waals surface area contributed by atoms with Crippen LogP contribution in [0.5, 0.6) is 5.75 Å². The normalized spacial score (nSPS) is 11.3. The van der Waals surface area contributed by atoms with Crippen molar-refractivity contribution in [1.82, 2.24) is 0 Å². The summed E-state index contributed by atoms with van der Waals surface area (Å²) in [5.74, 6) is -0.259. The summed E-state index contributed by atoms with van der Waals surface area (Å²) in [6.45, 7) is 1.54. The number of hydrogen-bond donors (Lipinski definition) is 1. The molecule has 0 saturated carbocycles. The van der Waals surface area contributed by atoms with E-state index in [0.29, 0.717) is 23.4 Å². The molecule has 0 radical (unpaired) electrons. The lowest BCUT2D eigenvalue weighted by Crippen LogP contribution is -2.15. The lowest BCUT2D eigenvalue weighted by Gasteiger charge is -2.09. The van der Waals surface area contributed by atoms with Gasteiger partial charge in [0.1, 0.15) is 11.4 Å². The van der Waals surface area contributed by atoms with Crippen molar-refractivity contribution in [3.05, 3.63) is 63.7 Å². The van der Waals surface area contributed by atoms with Gasteiger partial charge in [-0.2, -0.15) is 18.3 Å². The van der Waals surface area contributed by atoms with Gasteiger partial charge in [-0.15, -0.1) is 0 Å². The van der Waals surface area contributed by atoms with Crippen molar-refractivity contribution in [1.29, 1.82) is 0 Å². The molecule has 0 aliphatic rings. The number of benzene rings is 2. The maximum absolute atomic E-state index is 12.7. The molecule has 0 spiro atoms. The van der Waals surface area contributed by atoms with Gasteiger partial charge >= 0.3 is 12.1 Å². The average molecular weight is 411 g/mol. The number of halogens is 3. The van der Waals surface area contributed by atoms with Crippen LogP contribution in [0.15, 0.2) is 47.6 Å². The van der Waals surface area contributed by atoms with Crippen molar-refractivity contribution in [2.45, 2.75) is 13.1 Å². The summed E-state index contributed by atoms with van der Waals surface area (Å²) in [5.41, 5.74) is 0.642. The molecule has 0 unspecified atom stereocenters. The number of rotatable bonds is 8. The minimum Gasteiger partial charge on any atom is -0.481 e. The van der Waals surface area contributed by atoms with Crippen molar-refractivity contribution in [2.24, 2.45) is 5.10 Å².